The fourth-order valence-corrected chi connectivity index (χ4v) is 2.58. The van der Waals surface area contributed by atoms with Gasteiger partial charge in [-0.1, -0.05) is 39.5 Å². The lowest BCUT2D eigenvalue weighted by Crippen LogP contribution is -2.41. The number of nitrogens with one attached hydrogen (secondary N) is 1. The summed E-state index contributed by atoms with van der Waals surface area (Å²) in [5.41, 5.74) is 2.79. The number of hydrazone groups is 1. The lowest BCUT2D eigenvalue weighted by atomic mass is 9.91. The van der Waals surface area contributed by atoms with E-state index in [0.717, 1.165) is 17.0 Å². The minimum atomic E-state index is -0.0455. The van der Waals surface area contributed by atoms with Crippen molar-refractivity contribution >= 4 is 17.3 Å². The predicted molar refractivity (Wildman–Crippen MR) is 111 cm³/mol. The number of anilines is 1. The van der Waals surface area contributed by atoms with Crippen LogP contribution in [0.3, 0.4) is 0 Å². The molecule has 2 rings (SSSR count). The third-order valence-electron chi connectivity index (χ3n) is 4.75. The van der Waals surface area contributed by atoms with Gasteiger partial charge >= 0.3 is 0 Å². The van der Waals surface area contributed by atoms with E-state index in [-0.39, 0.29) is 11.3 Å². The smallest absolute Gasteiger partial charge is 0.227 e. The molecule has 1 fully saturated rings. The van der Waals surface area contributed by atoms with E-state index in [1.165, 1.54) is 0 Å². The van der Waals surface area contributed by atoms with Crippen LogP contribution >= 0.6 is 0 Å². The summed E-state index contributed by atoms with van der Waals surface area (Å²) in [4.78, 5) is 14.4. The summed E-state index contributed by atoms with van der Waals surface area (Å²) in [5.74, 6) is 0.805. The van der Waals surface area contributed by atoms with Gasteiger partial charge in [-0.05, 0) is 24.6 Å². The number of hydrogen-bond acceptors (Lipinski definition) is 5. The quantitative estimate of drug-likeness (QED) is 0.616. The van der Waals surface area contributed by atoms with E-state index < -0.39 is 0 Å². The van der Waals surface area contributed by atoms with Gasteiger partial charge in [0.1, 0.15) is 5.82 Å². The van der Waals surface area contributed by atoms with Gasteiger partial charge in [-0.2, -0.15) is 5.10 Å². The number of carbonyl (C=O) groups excluding carboxylic acids is 1. The number of amides is 1. The molecule has 1 saturated heterocycles. The highest BCUT2D eigenvalue weighted by molar-refractivity contribution is 5.88. The lowest BCUT2D eigenvalue weighted by molar-refractivity contribution is -0.134. The Hall–Kier alpha value is -2.34. The molecule has 0 aromatic heterocycles. The van der Waals surface area contributed by atoms with Crippen molar-refractivity contribution in [2.75, 3.05) is 38.4 Å². The van der Waals surface area contributed by atoms with E-state index in [0.29, 0.717) is 38.5 Å². The average molecular weight is 373 g/mol. The highest BCUT2D eigenvalue weighted by atomic mass is 16.5. The molecule has 1 aliphatic rings. The molecule has 1 heterocycles. The molecule has 1 aliphatic heterocycles. The molecule has 6 nitrogen and oxygen atoms in total. The first kappa shape index (κ1) is 21.0. The summed E-state index contributed by atoms with van der Waals surface area (Å²) < 4.78 is 5.32. The van der Waals surface area contributed by atoms with Crippen LogP contribution in [-0.4, -0.2) is 49.9 Å². The van der Waals surface area contributed by atoms with E-state index in [2.05, 4.69) is 32.7 Å². The summed E-state index contributed by atoms with van der Waals surface area (Å²) >= 11 is 0. The topological polar surface area (TPSA) is 57.2 Å². The molecule has 1 aromatic carbocycles. The number of benzene rings is 1. The van der Waals surface area contributed by atoms with Crippen LogP contribution in [0.25, 0.3) is 0 Å². The normalized spacial score (nSPS) is 15.4. The van der Waals surface area contributed by atoms with Crippen LogP contribution in [0.5, 0.6) is 0 Å². The maximum atomic E-state index is 12.5. The SMILES string of the molecule is C=C(NC)N(/N=C(\C)C(C)(C)C)c1cccc(CC(=O)N2CCOCC2)c1. The summed E-state index contributed by atoms with van der Waals surface area (Å²) in [5, 5.41) is 9.64. The van der Waals surface area contributed by atoms with Gasteiger partial charge in [-0.15, -0.1) is 0 Å². The highest BCUT2D eigenvalue weighted by Crippen LogP contribution is 2.23. The van der Waals surface area contributed by atoms with Crippen molar-refractivity contribution in [2.24, 2.45) is 10.5 Å². The molecule has 0 saturated carbocycles. The number of hydrogen-bond donors (Lipinski definition) is 1. The van der Waals surface area contributed by atoms with Crippen molar-refractivity contribution < 1.29 is 9.53 Å². The molecule has 0 atom stereocenters. The van der Waals surface area contributed by atoms with E-state index in [1.807, 2.05) is 43.1 Å². The Morgan fingerprint density at radius 2 is 2.00 bits per heavy atom. The summed E-state index contributed by atoms with van der Waals surface area (Å²) in [6.07, 6.45) is 0.371. The van der Waals surface area contributed by atoms with Crippen molar-refractivity contribution in [3.63, 3.8) is 0 Å². The van der Waals surface area contributed by atoms with E-state index in [9.17, 15) is 4.79 Å². The van der Waals surface area contributed by atoms with Gasteiger partial charge in [0.05, 0.1) is 25.3 Å². The first-order valence-electron chi connectivity index (χ1n) is 9.39. The van der Waals surface area contributed by atoms with Crippen molar-refractivity contribution in [3.05, 3.63) is 42.2 Å². The summed E-state index contributed by atoms with van der Waals surface area (Å²) in [6, 6.07) is 7.91. The van der Waals surface area contributed by atoms with Gasteiger partial charge in [-0.3, -0.25) is 4.79 Å². The van der Waals surface area contributed by atoms with Crippen LogP contribution in [0.2, 0.25) is 0 Å². The number of carbonyl (C=O) groups is 1. The fraction of sp³-hybridized carbons (Fsp3) is 0.524. The molecular formula is C21H32N4O2. The lowest BCUT2D eigenvalue weighted by Gasteiger charge is -2.27. The number of morpholine rings is 1. The Labute approximate surface area is 162 Å². The molecule has 0 radical (unpaired) electrons. The monoisotopic (exact) mass is 372 g/mol. The molecule has 0 aliphatic carbocycles. The zero-order valence-electron chi connectivity index (χ0n) is 17.2. The minimum Gasteiger partial charge on any atom is -0.378 e. The predicted octanol–water partition coefficient (Wildman–Crippen LogP) is 3.01. The van der Waals surface area contributed by atoms with E-state index in [1.54, 1.807) is 5.01 Å². The number of nitrogens with zero attached hydrogens (tertiary/aromatic N) is 3. The van der Waals surface area contributed by atoms with Crippen molar-refractivity contribution in [1.82, 2.24) is 10.2 Å². The summed E-state index contributed by atoms with van der Waals surface area (Å²) in [6.45, 7) is 15.0. The number of rotatable bonds is 6. The highest BCUT2D eigenvalue weighted by Gasteiger charge is 2.19. The third kappa shape index (κ3) is 5.82. The zero-order valence-corrected chi connectivity index (χ0v) is 17.2. The second-order valence-electron chi connectivity index (χ2n) is 7.78. The Kier molecular flexibility index (Phi) is 7.02. The Bertz CT molecular complexity index is 700. The fourth-order valence-electron chi connectivity index (χ4n) is 2.58. The van der Waals surface area contributed by atoms with Gasteiger partial charge in [0.2, 0.25) is 5.91 Å². The molecular weight excluding hydrogens is 340 g/mol. The van der Waals surface area contributed by atoms with Gasteiger partial charge in [0.15, 0.2) is 0 Å². The molecule has 1 N–H and O–H groups in total. The first-order chi connectivity index (χ1) is 12.7. The van der Waals surface area contributed by atoms with Crippen LogP contribution in [0, 0.1) is 5.41 Å². The zero-order chi connectivity index (χ0) is 20.0. The second kappa shape index (κ2) is 9.04. The van der Waals surface area contributed by atoms with Crippen LogP contribution in [0.15, 0.2) is 41.8 Å². The first-order valence-corrected chi connectivity index (χ1v) is 9.39. The molecule has 1 amide bonds. The molecule has 1 aromatic rings. The van der Waals surface area contributed by atoms with Gasteiger partial charge in [-0.25, -0.2) is 5.01 Å². The van der Waals surface area contributed by atoms with Crippen LogP contribution in [0.1, 0.15) is 33.3 Å². The molecule has 27 heavy (non-hydrogen) atoms. The van der Waals surface area contributed by atoms with Crippen LogP contribution < -0.4 is 10.3 Å². The largest absolute Gasteiger partial charge is 0.378 e. The Morgan fingerprint density at radius 3 is 2.59 bits per heavy atom. The van der Waals surface area contributed by atoms with E-state index in [4.69, 9.17) is 9.84 Å². The van der Waals surface area contributed by atoms with Crippen LogP contribution in [-0.2, 0) is 16.0 Å². The molecule has 0 unspecified atom stereocenters. The average Bonchev–Trinajstić information content (AvgIpc) is 2.65. The van der Waals surface area contributed by atoms with E-state index >= 15 is 0 Å². The third-order valence-corrected chi connectivity index (χ3v) is 4.75. The Balaban J connectivity index is 2.23. The van der Waals surface area contributed by atoms with Crippen molar-refractivity contribution in [1.29, 1.82) is 0 Å². The Morgan fingerprint density at radius 1 is 1.33 bits per heavy atom. The maximum absolute atomic E-state index is 12.5. The van der Waals surface area contributed by atoms with Crippen LogP contribution in [0.4, 0.5) is 5.69 Å². The molecule has 0 spiro atoms. The molecule has 6 heteroatoms. The summed E-state index contributed by atoms with van der Waals surface area (Å²) in [7, 11) is 1.82. The van der Waals surface area contributed by atoms with Gasteiger partial charge in [0, 0.05) is 31.3 Å². The van der Waals surface area contributed by atoms with Gasteiger partial charge in [0.25, 0.3) is 0 Å². The van der Waals surface area contributed by atoms with Crippen molar-refractivity contribution in [2.45, 2.75) is 34.1 Å². The second-order valence-corrected chi connectivity index (χ2v) is 7.78. The standard InChI is InChI=1S/C21H32N4O2/c1-16(21(3,4)5)23-25(17(2)22-6)19-9-7-8-18(14-19)15-20(26)24-10-12-27-13-11-24/h7-9,14,22H,2,10-13,15H2,1,3-6H3/b23-16+. The molecule has 0 bridgehead atoms. The number of ether oxygens (including phenoxy) is 1. The molecule has 148 valence electrons. The van der Waals surface area contributed by atoms with Gasteiger partial charge < -0.3 is 15.0 Å². The van der Waals surface area contributed by atoms with Crippen molar-refractivity contribution in [3.8, 4) is 0 Å². The maximum Gasteiger partial charge on any atom is 0.227 e. The minimum absolute atomic E-state index is 0.0455.